The maximum atomic E-state index is 13.2. The summed E-state index contributed by atoms with van der Waals surface area (Å²) in [7, 11) is 0. The molecule has 1 amide bonds. The molecule has 2 N–H and O–H groups in total. The number of fused-ring (bicyclic) bond motifs is 1. The van der Waals surface area contributed by atoms with Gasteiger partial charge in [0.25, 0.3) is 5.91 Å². The molecule has 4 aromatic rings. The average molecular weight is 393 g/mol. The minimum absolute atomic E-state index is 0.143. The van der Waals surface area contributed by atoms with Gasteiger partial charge in [0.1, 0.15) is 11.6 Å². The van der Waals surface area contributed by atoms with E-state index in [4.69, 9.17) is 4.74 Å². The number of hydrogen-bond donors (Lipinski definition) is 2. The lowest BCUT2D eigenvalue weighted by atomic mass is 10.2. The first-order chi connectivity index (χ1) is 13.7. The summed E-state index contributed by atoms with van der Waals surface area (Å²) in [5, 5.41) is 6.36. The molecule has 0 saturated carbocycles. The molecule has 0 aliphatic heterocycles. The Morgan fingerprint density at radius 2 is 1.75 bits per heavy atom. The van der Waals surface area contributed by atoms with Crippen molar-refractivity contribution in [1.82, 2.24) is 4.98 Å². The van der Waals surface area contributed by atoms with E-state index in [1.165, 1.54) is 23.5 Å². The van der Waals surface area contributed by atoms with Crippen LogP contribution in [0.4, 0.5) is 20.9 Å². The third-order valence-corrected chi connectivity index (χ3v) is 4.82. The van der Waals surface area contributed by atoms with Gasteiger partial charge in [-0.2, -0.15) is 0 Å². The number of ether oxygens (including phenoxy) is 1. The number of hydrogen-bond acceptors (Lipinski definition) is 5. The molecule has 4 rings (SSSR count). The monoisotopic (exact) mass is 393 g/mol. The number of carbonyl (C=O) groups excluding carboxylic acids is 1. The van der Waals surface area contributed by atoms with E-state index >= 15 is 0 Å². The highest BCUT2D eigenvalue weighted by Gasteiger charge is 2.09. The smallest absolute Gasteiger partial charge is 0.264 e. The molecular formula is C21H16FN3O2S. The summed E-state index contributed by atoms with van der Waals surface area (Å²) < 4.78 is 19.4. The predicted molar refractivity (Wildman–Crippen MR) is 110 cm³/mol. The quantitative estimate of drug-likeness (QED) is 0.473. The number of aromatic nitrogens is 1. The van der Waals surface area contributed by atoms with Gasteiger partial charge in [-0.3, -0.25) is 10.1 Å². The van der Waals surface area contributed by atoms with E-state index in [9.17, 15) is 9.18 Å². The van der Waals surface area contributed by atoms with Gasteiger partial charge in [-0.15, -0.1) is 0 Å². The average Bonchev–Trinajstić information content (AvgIpc) is 3.09. The Bertz CT molecular complexity index is 1100. The summed E-state index contributed by atoms with van der Waals surface area (Å²) >= 11 is 1.22. The van der Waals surface area contributed by atoms with Gasteiger partial charge in [0.15, 0.2) is 11.7 Å². The zero-order chi connectivity index (χ0) is 19.3. The van der Waals surface area contributed by atoms with Crippen molar-refractivity contribution in [2.75, 3.05) is 17.2 Å². The van der Waals surface area contributed by atoms with Gasteiger partial charge >= 0.3 is 0 Å². The summed E-state index contributed by atoms with van der Waals surface area (Å²) in [6.07, 6.45) is 0. The van der Waals surface area contributed by atoms with Gasteiger partial charge in [-0.05, 0) is 54.6 Å². The molecule has 7 heteroatoms. The van der Waals surface area contributed by atoms with Gasteiger partial charge in [0, 0.05) is 11.4 Å². The Morgan fingerprint density at radius 3 is 2.54 bits per heavy atom. The molecule has 0 aliphatic carbocycles. The summed E-state index contributed by atoms with van der Waals surface area (Å²) in [5.41, 5.74) is 2.56. The summed E-state index contributed by atoms with van der Waals surface area (Å²) in [6.45, 7) is -0.143. The van der Waals surface area contributed by atoms with Crippen LogP contribution in [0.2, 0.25) is 0 Å². The second kappa shape index (κ2) is 8.06. The first kappa shape index (κ1) is 17.9. The largest absolute Gasteiger partial charge is 0.484 e. The molecule has 0 radical (unpaired) electrons. The number of rotatable bonds is 6. The molecule has 0 unspecified atom stereocenters. The zero-order valence-electron chi connectivity index (χ0n) is 14.7. The third kappa shape index (κ3) is 4.44. The molecule has 0 spiro atoms. The highest BCUT2D eigenvalue weighted by atomic mass is 32.1. The fourth-order valence-electron chi connectivity index (χ4n) is 2.58. The number of anilines is 3. The van der Waals surface area contributed by atoms with Gasteiger partial charge < -0.3 is 10.1 Å². The fraction of sp³-hybridized carbons (Fsp3) is 0.0476. The first-order valence-electron chi connectivity index (χ1n) is 8.57. The number of benzene rings is 3. The van der Waals surface area contributed by atoms with Crippen molar-refractivity contribution >= 4 is 44.0 Å². The van der Waals surface area contributed by atoms with Gasteiger partial charge in [-0.25, -0.2) is 9.37 Å². The molecule has 0 aliphatic rings. The Hall–Kier alpha value is -3.45. The van der Waals surface area contributed by atoms with Crippen molar-refractivity contribution in [1.29, 1.82) is 0 Å². The molecule has 0 fully saturated rings. The van der Waals surface area contributed by atoms with Crippen molar-refractivity contribution in [3.63, 3.8) is 0 Å². The van der Waals surface area contributed by atoms with Crippen molar-refractivity contribution in [2.24, 2.45) is 0 Å². The summed E-state index contributed by atoms with van der Waals surface area (Å²) in [5.74, 6) is -0.0753. The molecule has 28 heavy (non-hydrogen) atoms. The van der Waals surface area contributed by atoms with E-state index in [1.807, 2.05) is 42.5 Å². The molecule has 0 atom stereocenters. The Balaban J connectivity index is 1.31. The number of halogens is 1. The molecule has 1 aromatic heterocycles. The zero-order valence-corrected chi connectivity index (χ0v) is 15.5. The predicted octanol–water partition coefficient (Wildman–Crippen LogP) is 5.20. The van der Waals surface area contributed by atoms with E-state index < -0.39 is 0 Å². The molecule has 5 nitrogen and oxygen atoms in total. The van der Waals surface area contributed by atoms with Crippen LogP contribution in [0.25, 0.3) is 10.2 Å². The van der Waals surface area contributed by atoms with Crippen LogP contribution < -0.4 is 15.4 Å². The maximum absolute atomic E-state index is 13.2. The second-order valence-corrected chi connectivity index (χ2v) is 7.01. The lowest BCUT2D eigenvalue weighted by Gasteiger charge is -2.08. The van der Waals surface area contributed by atoms with Gasteiger partial charge in [0.2, 0.25) is 0 Å². The van der Waals surface area contributed by atoms with E-state index in [0.717, 1.165) is 11.4 Å². The number of carbonyl (C=O) groups is 1. The molecule has 0 saturated heterocycles. The van der Waals surface area contributed by atoms with Crippen LogP contribution >= 0.6 is 11.3 Å². The van der Waals surface area contributed by atoms with Crippen LogP contribution in [-0.4, -0.2) is 17.5 Å². The highest BCUT2D eigenvalue weighted by Crippen LogP contribution is 2.26. The van der Waals surface area contributed by atoms with Crippen LogP contribution in [0.15, 0.2) is 72.8 Å². The molecule has 0 bridgehead atoms. The Kier molecular flexibility index (Phi) is 5.16. The first-order valence-corrected chi connectivity index (χ1v) is 9.38. The van der Waals surface area contributed by atoms with E-state index in [1.54, 1.807) is 18.2 Å². The molecule has 3 aromatic carbocycles. The number of amides is 1. The summed E-state index contributed by atoms with van der Waals surface area (Å²) in [4.78, 5) is 16.3. The molecule has 1 heterocycles. The lowest BCUT2D eigenvalue weighted by molar-refractivity contribution is -0.118. The second-order valence-electron chi connectivity index (χ2n) is 5.98. The van der Waals surface area contributed by atoms with Crippen LogP contribution in [0.5, 0.6) is 5.75 Å². The van der Waals surface area contributed by atoms with Crippen molar-refractivity contribution in [2.45, 2.75) is 0 Å². The van der Waals surface area contributed by atoms with E-state index in [-0.39, 0.29) is 18.3 Å². The van der Waals surface area contributed by atoms with Gasteiger partial charge in [0.05, 0.1) is 10.2 Å². The molecular weight excluding hydrogens is 377 g/mol. The van der Waals surface area contributed by atoms with Crippen LogP contribution in [0, 0.1) is 5.82 Å². The molecule has 140 valence electrons. The standard InChI is InChI=1S/C21H16FN3O2S/c22-14-6-11-18-19(12-14)28-21(24-18)25-20(26)13-27-17-9-7-16(8-10-17)23-15-4-2-1-3-5-15/h1-12,23H,13H2,(H,24,25,26). The van der Waals surface area contributed by atoms with Crippen LogP contribution in [0.1, 0.15) is 0 Å². The third-order valence-electron chi connectivity index (χ3n) is 3.88. The maximum Gasteiger partial charge on any atom is 0.264 e. The highest BCUT2D eigenvalue weighted by molar-refractivity contribution is 7.22. The minimum Gasteiger partial charge on any atom is -0.484 e. The van der Waals surface area contributed by atoms with E-state index in [2.05, 4.69) is 15.6 Å². The number of nitrogens with one attached hydrogen (secondary N) is 2. The number of para-hydroxylation sites is 1. The Labute approximate surface area is 164 Å². The van der Waals surface area contributed by atoms with Crippen molar-refractivity contribution in [3.8, 4) is 5.75 Å². The topological polar surface area (TPSA) is 63.2 Å². The Morgan fingerprint density at radius 1 is 1.00 bits per heavy atom. The minimum atomic E-state index is -0.331. The van der Waals surface area contributed by atoms with Crippen molar-refractivity contribution < 1.29 is 13.9 Å². The number of nitrogens with zero attached hydrogens (tertiary/aromatic N) is 1. The van der Waals surface area contributed by atoms with E-state index in [0.29, 0.717) is 21.1 Å². The van der Waals surface area contributed by atoms with Crippen LogP contribution in [0.3, 0.4) is 0 Å². The number of thiazole rings is 1. The van der Waals surface area contributed by atoms with Crippen LogP contribution in [-0.2, 0) is 4.79 Å². The van der Waals surface area contributed by atoms with Gasteiger partial charge in [-0.1, -0.05) is 29.5 Å². The lowest BCUT2D eigenvalue weighted by Crippen LogP contribution is -2.19. The summed E-state index contributed by atoms with van der Waals surface area (Å²) in [6, 6.07) is 21.5. The normalized spacial score (nSPS) is 10.6. The SMILES string of the molecule is O=C(COc1ccc(Nc2ccccc2)cc1)Nc1nc2ccc(F)cc2s1. The van der Waals surface area contributed by atoms with Crippen molar-refractivity contribution in [3.05, 3.63) is 78.6 Å². The fourth-order valence-corrected chi connectivity index (χ4v) is 3.49.